The zero-order valence-corrected chi connectivity index (χ0v) is 15.1. The fourth-order valence-electron chi connectivity index (χ4n) is 3.30. The minimum absolute atomic E-state index is 0.0919. The Morgan fingerprint density at radius 3 is 1.84 bits per heavy atom. The van der Waals surface area contributed by atoms with E-state index in [1.165, 1.54) is 0 Å². The molecule has 0 fully saturated rings. The molecule has 2 nitrogen and oxygen atoms in total. The number of allylic oxidation sites excluding steroid dienone is 5. The lowest BCUT2D eigenvalue weighted by Crippen LogP contribution is -2.07. The fourth-order valence-corrected chi connectivity index (χ4v) is 3.30. The van der Waals surface area contributed by atoms with Gasteiger partial charge in [-0.15, -0.1) is 0 Å². The Balaban J connectivity index is 2.33. The predicted octanol–water partition coefficient (Wildman–Crippen LogP) is 5.29. The van der Waals surface area contributed by atoms with Gasteiger partial charge in [-0.3, -0.25) is 4.79 Å². The van der Waals surface area contributed by atoms with Crippen LogP contribution in [-0.2, 0) is 4.79 Å². The number of carbonyl (C=O) groups excluding carboxylic acids is 1. The smallest absolute Gasteiger partial charge is 0.184 e. The summed E-state index contributed by atoms with van der Waals surface area (Å²) >= 11 is 0. The van der Waals surface area contributed by atoms with E-state index >= 15 is 0 Å². The van der Waals surface area contributed by atoms with Crippen molar-refractivity contribution < 1.29 is 9.90 Å². The topological polar surface area (TPSA) is 37.3 Å². The molecule has 0 saturated heterocycles. The Morgan fingerprint density at radius 1 is 0.800 bits per heavy atom. The largest absolute Gasteiger partial charge is 0.507 e. The maximum absolute atomic E-state index is 12.1. The predicted molar refractivity (Wildman–Crippen MR) is 103 cm³/mol. The molecule has 1 N–H and O–H groups in total. The zero-order valence-electron chi connectivity index (χ0n) is 15.1. The van der Waals surface area contributed by atoms with E-state index in [9.17, 15) is 9.90 Å². The number of hydrogen-bond donors (Lipinski definition) is 1. The van der Waals surface area contributed by atoms with Gasteiger partial charge in [0.05, 0.1) is 0 Å². The molecule has 0 saturated carbocycles. The molecule has 2 aromatic carbocycles. The Bertz CT molecular complexity index is 894. The number of Topliss-reactive ketones (excluding diaryl/α,β-unsaturated/α-hetero) is 1. The average molecular weight is 330 g/mol. The Labute approximate surface area is 148 Å². The molecular weight excluding hydrogens is 308 g/mol. The van der Waals surface area contributed by atoms with Crippen LogP contribution >= 0.6 is 0 Å². The third kappa shape index (κ3) is 3.20. The maximum atomic E-state index is 12.1. The first-order chi connectivity index (χ1) is 11.9. The second kappa shape index (κ2) is 6.56. The third-order valence-electron chi connectivity index (χ3n) is 4.59. The molecule has 0 atom stereocenters. The molecule has 126 valence electrons. The van der Waals surface area contributed by atoms with Gasteiger partial charge in [0.1, 0.15) is 5.75 Å². The maximum Gasteiger partial charge on any atom is 0.184 e. The standard InChI is InChI=1S/C23H22O2/c1-14-10-19(11-15(2)22(14)24)21(18-8-6-5-7-9-18)20-12-16(3)23(25)17(4)13-20/h5-13,24H,1-4H3. The van der Waals surface area contributed by atoms with Crippen molar-refractivity contribution in [3.05, 3.63) is 93.6 Å². The van der Waals surface area contributed by atoms with E-state index in [1.807, 2.05) is 70.2 Å². The van der Waals surface area contributed by atoms with Gasteiger partial charge < -0.3 is 5.11 Å². The summed E-state index contributed by atoms with van der Waals surface area (Å²) in [6.07, 6.45) is 3.91. The fraction of sp³-hybridized carbons (Fsp3) is 0.174. The van der Waals surface area contributed by atoms with E-state index in [4.69, 9.17) is 0 Å². The SMILES string of the molecule is CC1=CC(=C(c2ccccc2)c2cc(C)c(O)c(C)c2)C=C(C)C1=O. The molecule has 0 unspecified atom stereocenters. The lowest BCUT2D eigenvalue weighted by Gasteiger charge is -2.18. The number of hydrogen-bond acceptors (Lipinski definition) is 2. The minimum atomic E-state index is 0.0919. The minimum Gasteiger partial charge on any atom is -0.507 e. The molecule has 3 rings (SSSR count). The van der Waals surface area contributed by atoms with Crippen LogP contribution in [-0.4, -0.2) is 10.9 Å². The highest BCUT2D eigenvalue weighted by Gasteiger charge is 2.18. The van der Waals surface area contributed by atoms with Crippen LogP contribution in [0, 0.1) is 13.8 Å². The van der Waals surface area contributed by atoms with E-state index in [-0.39, 0.29) is 5.78 Å². The molecule has 0 amide bonds. The van der Waals surface area contributed by atoms with Crippen LogP contribution in [0.2, 0.25) is 0 Å². The Morgan fingerprint density at radius 2 is 1.32 bits per heavy atom. The summed E-state index contributed by atoms with van der Waals surface area (Å²) in [7, 11) is 0. The number of phenolic OH excluding ortho intramolecular Hbond substituents is 1. The number of aromatic hydroxyl groups is 1. The number of benzene rings is 2. The van der Waals surface area contributed by atoms with Gasteiger partial charge in [-0.05, 0) is 96.5 Å². The highest BCUT2D eigenvalue weighted by molar-refractivity contribution is 6.10. The van der Waals surface area contributed by atoms with Crippen molar-refractivity contribution >= 4 is 11.4 Å². The van der Waals surface area contributed by atoms with Gasteiger partial charge in [-0.2, -0.15) is 0 Å². The van der Waals surface area contributed by atoms with Crippen LogP contribution < -0.4 is 0 Å². The van der Waals surface area contributed by atoms with Gasteiger partial charge in [0.15, 0.2) is 5.78 Å². The van der Waals surface area contributed by atoms with Crippen LogP contribution in [0.5, 0.6) is 5.75 Å². The average Bonchev–Trinajstić information content (AvgIpc) is 2.58. The van der Waals surface area contributed by atoms with Crippen molar-refractivity contribution in [3.8, 4) is 5.75 Å². The van der Waals surface area contributed by atoms with E-state index < -0.39 is 0 Å². The first kappa shape index (κ1) is 17.0. The van der Waals surface area contributed by atoms with Gasteiger partial charge in [-0.25, -0.2) is 0 Å². The Kier molecular flexibility index (Phi) is 4.45. The second-order valence-corrected chi connectivity index (χ2v) is 6.64. The molecule has 2 aromatic rings. The molecule has 0 bridgehead atoms. The molecule has 0 aromatic heterocycles. The van der Waals surface area contributed by atoms with Crippen molar-refractivity contribution in [2.45, 2.75) is 27.7 Å². The van der Waals surface area contributed by atoms with Gasteiger partial charge in [0.2, 0.25) is 0 Å². The van der Waals surface area contributed by atoms with Gasteiger partial charge in [0.25, 0.3) is 0 Å². The van der Waals surface area contributed by atoms with Gasteiger partial charge in [-0.1, -0.05) is 30.3 Å². The van der Waals surface area contributed by atoms with Crippen molar-refractivity contribution in [1.82, 2.24) is 0 Å². The summed E-state index contributed by atoms with van der Waals surface area (Å²) in [5, 5.41) is 10.1. The number of carbonyl (C=O) groups is 1. The van der Waals surface area contributed by atoms with Crippen molar-refractivity contribution in [2.75, 3.05) is 0 Å². The molecule has 25 heavy (non-hydrogen) atoms. The molecule has 1 aliphatic carbocycles. The monoisotopic (exact) mass is 330 g/mol. The van der Waals surface area contributed by atoms with Crippen LogP contribution in [0.15, 0.2) is 71.3 Å². The second-order valence-electron chi connectivity index (χ2n) is 6.64. The number of phenols is 1. The zero-order chi connectivity index (χ0) is 18.1. The van der Waals surface area contributed by atoms with Crippen LogP contribution in [0.4, 0.5) is 0 Å². The van der Waals surface area contributed by atoms with E-state index in [1.54, 1.807) is 0 Å². The number of ketones is 1. The van der Waals surface area contributed by atoms with Crippen molar-refractivity contribution in [1.29, 1.82) is 0 Å². The summed E-state index contributed by atoms with van der Waals surface area (Å²) in [6.45, 7) is 7.53. The molecule has 0 aliphatic heterocycles. The molecule has 2 heteroatoms. The van der Waals surface area contributed by atoms with Gasteiger partial charge in [0, 0.05) is 0 Å². The van der Waals surface area contributed by atoms with Crippen molar-refractivity contribution in [2.24, 2.45) is 0 Å². The van der Waals surface area contributed by atoms with E-state index in [0.29, 0.717) is 5.75 Å². The lowest BCUT2D eigenvalue weighted by molar-refractivity contribution is -0.112. The highest BCUT2D eigenvalue weighted by atomic mass is 16.3. The summed E-state index contributed by atoms with van der Waals surface area (Å²) in [6, 6.07) is 14.2. The van der Waals surface area contributed by atoms with Crippen molar-refractivity contribution in [3.63, 3.8) is 0 Å². The van der Waals surface area contributed by atoms with Crippen LogP contribution in [0.25, 0.3) is 5.57 Å². The summed E-state index contributed by atoms with van der Waals surface area (Å²) in [5.74, 6) is 0.424. The quantitative estimate of drug-likeness (QED) is 0.812. The Hall–Kier alpha value is -2.87. The molecule has 0 spiro atoms. The number of aryl methyl sites for hydroxylation is 2. The van der Waals surface area contributed by atoms with E-state index in [0.717, 1.165) is 44.5 Å². The first-order valence-electron chi connectivity index (χ1n) is 8.40. The molecule has 1 aliphatic rings. The first-order valence-corrected chi connectivity index (χ1v) is 8.40. The summed E-state index contributed by atoms with van der Waals surface area (Å²) in [5.41, 5.74) is 7.39. The van der Waals surface area contributed by atoms with Gasteiger partial charge >= 0.3 is 0 Å². The number of rotatable bonds is 2. The highest BCUT2D eigenvalue weighted by Crippen LogP contribution is 2.35. The lowest BCUT2D eigenvalue weighted by atomic mass is 9.86. The van der Waals surface area contributed by atoms with E-state index in [2.05, 4.69) is 12.1 Å². The molecule has 0 radical (unpaired) electrons. The normalized spacial score (nSPS) is 14.2. The van der Waals surface area contributed by atoms with Crippen LogP contribution in [0.1, 0.15) is 36.1 Å². The summed E-state index contributed by atoms with van der Waals surface area (Å²) in [4.78, 5) is 12.1. The molecular formula is C23H22O2. The third-order valence-corrected chi connectivity index (χ3v) is 4.59. The van der Waals surface area contributed by atoms with Crippen LogP contribution in [0.3, 0.4) is 0 Å². The summed E-state index contributed by atoms with van der Waals surface area (Å²) < 4.78 is 0. The molecule has 0 heterocycles.